The third-order valence-corrected chi connectivity index (χ3v) is 4.26. The zero-order chi connectivity index (χ0) is 9.91. The number of nitrogens with zero attached hydrogens (tertiary/aromatic N) is 1. The van der Waals surface area contributed by atoms with Crippen molar-refractivity contribution < 1.29 is 9.53 Å². The first-order valence-corrected chi connectivity index (χ1v) is 4.54. The van der Waals surface area contributed by atoms with Crippen LogP contribution in [0.25, 0.3) is 0 Å². The van der Waals surface area contributed by atoms with Crippen molar-refractivity contribution in [1.82, 2.24) is 0 Å². The lowest BCUT2D eigenvalue weighted by molar-refractivity contribution is -0.156. The average molecular weight is 179 g/mol. The highest BCUT2D eigenvalue weighted by Crippen LogP contribution is 2.65. The Balaban J connectivity index is 2.61. The minimum Gasteiger partial charge on any atom is -0.443 e. The highest BCUT2D eigenvalue weighted by molar-refractivity contribution is 5.83. The predicted molar refractivity (Wildman–Crippen MR) is 45.6 cm³/mol. The first-order chi connectivity index (χ1) is 5.90. The second-order valence-electron chi connectivity index (χ2n) is 4.79. The van der Waals surface area contributed by atoms with Gasteiger partial charge in [-0.15, -0.1) is 0 Å². The summed E-state index contributed by atoms with van der Waals surface area (Å²) in [6.45, 7) is 5.81. The Morgan fingerprint density at radius 2 is 2.00 bits per heavy atom. The molecule has 0 spiro atoms. The van der Waals surface area contributed by atoms with E-state index in [-0.39, 0.29) is 11.4 Å². The summed E-state index contributed by atoms with van der Waals surface area (Å²) in [5.41, 5.74) is -1.67. The molecule has 13 heavy (non-hydrogen) atoms. The van der Waals surface area contributed by atoms with Gasteiger partial charge < -0.3 is 4.74 Å². The fraction of sp³-hybridized carbons (Fsp3) is 0.800. The van der Waals surface area contributed by atoms with Gasteiger partial charge in [0.1, 0.15) is 6.07 Å². The quantitative estimate of drug-likeness (QED) is 0.531. The summed E-state index contributed by atoms with van der Waals surface area (Å²) >= 11 is 0. The van der Waals surface area contributed by atoms with Gasteiger partial charge in [0.2, 0.25) is 5.60 Å². The Morgan fingerprint density at radius 1 is 1.38 bits per heavy atom. The second-order valence-corrected chi connectivity index (χ2v) is 4.79. The van der Waals surface area contributed by atoms with E-state index in [9.17, 15) is 4.79 Å². The van der Waals surface area contributed by atoms with Gasteiger partial charge in [0, 0.05) is 11.8 Å². The van der Waals surface area contributed by atoms with Crippen molar-refractivity contribution in [2.45, 2.75) is 39.2 Å². The third kappa shape index (κ3) is 0.611. The Labute approximate surface area is 77.7 Å². The van der Waals surface area contributed by atoms with Crippen molar-refractivity contribution in [3.05, 3.63) is 0 Å². The highest BCUT2D eigenvalue weighted by Gasteiger charge is 2.73. The molecule has 1 aliphatic heterocycles. The monoisotopic (exact) mass is 179 g/mol. The fourth-order valence-corrected chi connectivity index (χ4v) is 2.52. The van der Waals surface area contributed by atoms with Crippen molar-refractivity contribution in [1.29, 1.82) is 5.26 Å². The summed E-state index contributed by atoms with van der Waals surface area (Å²) in [6, 6.07) is 2.17. The molecule has 70 valence electrons. The van der Waals surface area contributed by atoms with Gasteiger partial charge in [-0.3, -0.25) is 4.79 Å². The van der Waals surface area contributed by atoms with Crippen LogP contribution in [0.4, 0.5) is 0 Å². The molecular formula is C10H13NO2. The van der Waals surface area contributed by atoms with Gasteiger partial charge in [-0.25, -0.2) is 0 Å². The van der Waals surface area contributed by atoms with Crippen LogP contribution in [0.1, 0.15) is 33.6 Å². The van der Waals surface area contributed by atoms with E-state index in [0.717, 1.165) is 6.42 Å². The van der Waals surface area contributed by atoms with E-state index in [2.05, 4.69) is 6.07 Å². The maximum atomic E-state index is 11.6. The Kier molecular flexibility index (Phi) is 1.25. The van der Waals surface area contributed by atoms with Crippen molar-refractivity contribution in [3.63, 3.8) is 0 Å². The molecule has 2 bridgehead atoms. The van der Waals surface area contributed by atoms with Crippen LogP contribution in [-0.2, 0) is 9.53 Å². The highest BCUT2D eigenvalue weighted by atomic mass is 16.6. The molecule has 2 fully saturated rings. The lowest BCUT2D eigenvalue weighted by Gasteiger charge is -2.31. The average Bonchev–Trinajstić information content (AvgIpc) is 2.34. The number of carbonyl (C=O) groups excluding carboxylic acids is 1. The fourth-order valence-electron chi connectivity index (χ4n) is 2.52. The lowest BCUT2D eigenvalue weighted by Crippen LogP contribution is -2.39. The number of esters is 1. The van der Waals surface area contributed by atoms with Crippen LogP contribution in [0, 0.1) is 22.2 Å². The van der Waals surface area contributed by atoms with E-state index in [1.54, 1.807) is 0 Å². The number of fused-ring (bicyclic) bond motifs is 2. The molecule has 3 heteroatoms. The molecular weight excluding hydrogens is 166 g/mol. The maximum Gasteiger partial charge on any atom is 0.314 e. The summed E-state index contributed by atoms with van der Waals surface area (Å²) in [4.78, 5) is 11.6. The molecule has 2 aliphatic rings. The number of carbonyl (C=O) groups is 1. The van der Waals surface area contributed by atoms with Crippen molar-refractivity contribution in [2.75, 3.05) is 0 Å². The number of rotatable bonds is 0. The van der Waals surface area contributed by atoms with Crippen LogP contribution < -0.4 is 0 Å². The third-order valence-electron chi connectivity index (χ3n) is 4.26. The topological polar surface area (TPSA) is 50.1 Å². The molecule has 0 aromatic carbocycles. The van der Waals surface area contributed by atoms with Gasteiger partial charge in [-0.2, -0.15) is 5.26 Å². The smallest absolute Gasteiger partial charge is 0.314 e. The molecule has 1 saturated carbocycles. The van der Waals surface area contributed by atoms with Crippen LogP contribution in [0.2, 0.25) is 0 Å². The first kappa shape index (κ1) is 8.55. The van der Waals surface area contributed by atoms with Crippen molar-refractivity contribution in [2.24, 2.45) is 10.8 Å². The Morgan fingerprint density at radius 3 is 2.23 bits per heavy atom. The van der Waals surface area contributed by atoms with Crippen molar-refractivity contribution in [3.8, 4) is 6.07 Å². The van der Waals surface area contributed by atoms with Crippen LogP contribution in [0.15, 0.2) is 0 Å². The summed E-state index contributed by atoms with van der Waals surface area (Å²) in [6.07, 6.45) is 1.45. The molecule has 0 radical (unpaired) electrons. The SMILES string of the molecule is CC1(C)[C@@]2(C#N)CC[C@]1(C)C(=O)O2. The molecule has 0 unspecified atom stereocenters. The Hall–Kier alpha value is -1.04. The first-order valence-electron chi connectivity index (χ1n) is 4.54. The van der Waals surface area contributed by atoms with E-state index >= 15 is 0 Å². The largest absolute Gasteiger partial charge is 0.443 e. The molecule has 0 N–H and O–H groups in total. The van der Waals surface area contributed by atoms with E-state index in [1.807, 2.05) is 20.8 Å². The molecule has 2 rings (SSSR count). The van der Waals surface area contributed by atoms with Gasteiger partial charge >= 0.3 is 5.97 Å². The molecule has 1 heterocycles. The minimum atomic E-state index is -0.862. The van der Waals surface area contributed by atoms with Crippen LogP contribution in [0.3, 0.4) is 0 Å². The molecule has 3 nitrogen and oxygen atoms in total. The molecule has 1 aliphatic carbocycles. The van der Waals surface area contributed by atoms with Crippen LogP contribution >= 0.6 is 0 Å². The zero-order valence-electron chi connectivity index (χ0n) is 8.18. The summed E-state index contributed by atoms with van der Waals surface area (Å²) in [5.74, 6) is -0.203. The molecule has 1 saturated heterocycles. The predicted octanol–water partition coefficient (Wildman–Crippen LogP) is 1.63. The summed E-state index contributed by atoms with van der Waals surface area (Å²) < 4.78 is 5.22. The lowest BCUT2D eigenvalue weighted by atomic mass is 9.67. The summed E-state index contributed by atoms with van der Waals surface area (Å²) in [5, 5.41) is 9.08. The molecule has 0 aromatic heterocycles. The zero-order valence-corrected chi connectivity index (χ0v) is 8.18. The van der Waals surface area contributed by atoms with E-state index in [4.69, 9.17) is 10.00 Å². The number of ether oxygens (including phenoxy) is 1. The van der Waals surface area contributed by atoms with Gasteiger partial charge in [-0.05, 0) is 13.3 Å². The molecule has 0 amide bonds. The van der Waals surface area contributed by atoms with Gasteiger partial charge in [-0.1, -0.05) is 13.8 Å². The Bertz CT molecular complexity index is 328. The van der Waals surface area contributed by atoms with Crippen LogP contribution in [-0.4, -0.2) is 11.6 Å². The number of hydrogen-bond acceptors (Lipinski definition) is 3. The number of hydrogen-bond donors (Lipinski definition) is 0. The van der Waals surface area contributed by atoms with Gasteiger partial charge in [0.25, 0.3) is 0 Å². The maximum absolute atomic E-state index is 11.6. The minimum absolute atomic E-state index is 0.203. The normalized spacial score (nSPS) is 45.8. The van der Waals surface area contributed by atoms with Crippen molar-refractivity contribution >= 4 is 5.97 Å². The molecule has 0 aromatic rings. The van der Waals surface area contributed by atoms with E-state index in [0.29, 0.717) is 6.42 Å². The van der Waals surface area contributed by atoms with Gasteiger partial charge in [0.05, 0.1) is 5.41 Å². The summed E-state index contributed by atoms with van der Waals surface area (Å²) in [7, 11) is 0. The standard InChI is InChI=1S/C10H13NO2/c1-8(2)9(3)4-5-10(8,6-11)13-7(9)12/h4-5H2,1-3H3/t9-,10+/m1/s1. The second kappa shape index (κ2) is 1.89. The van der Waals surface area contributed by atoms with Crippen LogP contribution in [0.5, 0.6) is 0 Å². The van der Waals surface area contributed by atoms with E-state index < -0.39 is 11.0 Å². The van der Waals surface area contributed by atoms with E-state index in [1.165, 1.54) is 0 Å². The molecule has 2 atom stereocenters. The van der Waals surface area contributed by atoms with Gasteiger partial charge in [0.15, 0.2) is 0 Å². The number of nitriles is 1.